The Morgan fingerprint density at radius 3 is 2.64 bits per heavy atom. The Labute approximate surface area is 130 Å². The molecule has 1 atom stereocenters. The number of aliphatic hydroxyl groups is 1. The van der Waals surface area contributed by atoms with Crippen molar-refractivity contribution in [2.24, 2.45) is 5.92 Å². The van der Waals surface area contributed by atoms with Crippen LogP contribution in [0.3, 0.4) is 0 Å². The Morgan fingerprint density at radius 1 is 1.41 bits per heavy atom. The molecule has 0 heterocycles. The van der Waals surface area contributed by atoms with E-state index in [2.05, 4.69) is 5.32 Å². The fourth-order valence-electron chi connectivity index (χ4n) is 2.33. The van der Waals surface area contributed by atoms with Crippen molar-refractivity contribution in [1.82, 2.24) is 10.2 Å². The third kappa shape index (κ3) is 4.34. The Balaban J connectivity index is 1.83. The molecular formula is C16H24FN3O2. The molecule has 5 nitrogen and oxygen atoms in total. The smallest absolute Gasteiger partial charge is 0.317 e. The number of amides is 2. The summed E-state index contributed by atoms with van der Waals surface area (Å²) in [5, 5.41) is 12.6. The summed E-state index contributed by atoms with van der Waals surface area (Å²) in [6, 6.07) is 4.64. The first-order valence-electron chi connectivity index (χ1n) is 7.51. The summed E-state index contributed by atoms with van der Waals surface area (Å²) in [6.07, 6.45) is 1.62. The summed E-state index contributed by atoms with van der Waals surface area (Å²) in [5.41, 5.74) is 1.22. The van der Waals surface area contributed by atoms with Gasteiger partial charge >= 0.3 is 6.03 Å². The summed E-state index contributed by atoms with van der Waals surface area (Å²) in [6.45, 7) is 0.581. The molecule has 0 spiro atoms. The zero-order chi connectivity index (χ0) is 16.3. The standard InChI is InChI=1S/C16H24FN3O2/c1-19(2)14-7-4-11(8-13(14)17)9-18-16(22)20(3)10-15(21)12-5-6-12/h4,7-8,12,15,21H,5-6,9-10H2,1-3H3,(H,18,22). The van der Waals surface area contributed by atoms with Crippen molar-refractivity contribution in [2.75, 3.05) is 32.6 Å². The van der Waals surface area contributed by atoms with Crippen molar-refractivity contribution in [3.63, 3.8) is 0 Å². The average Bonchev–Trinajstić information content (AvgIpc) is 3.28. The summed E-state index contributed by atoms with van der Waals surface area (Å²) in [5.74, 6) is 0.0252. The maximum absolute atomic E-state index is 13.9. The Bertz CT molecular complexity index is 532. The maximum atomic E-state index is 13.9. The number of aliphatic hydroxyl groups excluding tert-OH is 1. The van der Waals surface area contributed by atoms with E-state index in [0.717, 1.165) is 12.8 Å². The highest BCUT2D eigenvalue weighted by atomic mass is 19.1. The van der Waals surface area contributed by atoms with Crippen LogP contribution >= 0.6 is 0 Å². The number of carbonyl (C=O) groups is 1. The van der Waals surface area contributed by atoms with E-state index in [4.69, 9.17) is 0 Å². The predicted octanol–water partition coefficient (Wildman–Crippen LogP) is 1.80. The SMILES string of the molecule is CN(CC(O)C1CC1)C(=O)NCc1ccc(N(C)C)c(F)c1. The van der Waals surface area contributed by atoms with Gasteiger partial charge in [-0.25, -0.2) is 9.18 Å². The van der Waals surface area contributed by atoms with Gasteiger partial charge in [-0.2, -0.15) is 0 Å². The average molecular weight is 309 g/mol. The van der Waals surface area contributed by atoms with Crippen LogP contribution in [0.4, 0.5) is 14.9 Å². The van der Waals surface area contributed by atoms with Gasteiger partial charge in [-0.1, -0.05) is 6.07 Å². The van der Waals surface area contributed by atoms with E-state index >= 15 is 0 Å². The lowest BCUT2D eigenvalue weighted by Gasteiger charge is -2.21. The van der Waals surface area contributed by atoms with Gasteiger partial charge in [0.15, 0.2) is 0 Å². The number of nitrogens with zero attached hydrogens (tertiary/aromatic N) is 2. The van der Waals surface area contributed by atoms with Crippen LogP contribution in [0.2, 0.25) is 0 Å². The molecule has 2 amide bonds. The van der Waals surface area contributed by atoms with Crippen molar-refractivity contribution in [2.45, 2.75) is 25.5 Å². The molecule has 0 radical (unpaired) electrons. The molecule has 0 saturated heterocycles. The number of nitrogens with one attached hydrogen (secondary N) is 1. The number of rotatable bonds is 6. The molecule has 122 valence electrons. The highest BCUT2D eigenvalue weighted by Crippen LogP contribution is 2.32. The molecule has 0 aliphatic heterocycles. The fourth-order valence-corrected chi connectivity index (χ4v) is 2.33. The van der Waals surface area contributed by atoms with Crippen molar-refractivity contribution in [3.05, 3.63) is 29.6 Å². The zero-order valence-electron chi connectivity index (χ0n) is 13.3. The van der Waals surface area contributed by atoms with Gasteiger partial charge in [0.25, 0.3) is 0 Å². The molecule has 22 heavy (non-hydrogen) atoms. The molecule has 1 aromatic rings. The Morgan fingerprint density at radius 2 is 2.09 bits per heavy atom. The summed E-state index contributed by atoms with van der Waals surface area (Å²) < 4.78 is 13.9. The Hall–Kier alpha value is -1.82. The molecule has 1 aliphatic rings. The molecule has 2 N–H and O–H groups in total. The number of hydrogen-bond donors (Lipinski definition) is 2. The molecule has 1 aromatic carbocycles. The predicted molar refractivity (Wildman–Crippen MR) is 84.3 cm³/mol. The summed E-state index contributed by atoms with van der Waals surface area (Å²) >= 11 is 0. The molecule has 2 rings (SSSR count). The number of anilines is 1. The highest BCUT2D eigenvalue weighted by molar-refractivity contribution is 5.73. The van der Waals surface area contributed by atoms with E-state index in [1.807, 2.05) is 0 Å². The van der Waals surface area contributed by atoms with Gasteiger partial charge in [0.05, 0.1) is 11.8 Å². The molecule has 0 bridgehead atoms. The molecule has 6 heteroatoms. The van der Waals surface area contributed by atoms with E-state index in [1.54, 1.807) is 38.2 Å². The largest absolute Gasteiger partial charge is 0.391 e. The number of likely N-dealkylation sites (N-methyl/N-ethyl adjacent to an activating group) is 1. The van der Waals surface area contributed by atoms with Gasteiger partial charge in [-0.15, -0.1) is 0 Å². The number of carbonyl (C=O) groups excluding carboxylic acids is 1. The molecular weight excluding hydrogens is 285 g/mol. The van der Waals surface area contributed by atoms with Gasteiger partial charge in [0.2, 0.25) is 0 Å². The first-order valence-corrected chi connectivity index (χ1v) is 7.51. The quantitative estimate of drug-likeness (QED) is 0.842. The molecule has 1 fully saturated rings. The lowest BCUT2D eigenvalue weighted by molar-refractivity contribution is 0.113. The van der Waals surface area contributed by atoms with Gasteiger partial charge in [-0.05, 0) is 36.5 Å². The van der Waals surface area contributed by atoms with Crippen LogP contribution in [0.15, 0.2) is 18.2 Å². The first kappa shape index (κ1) is 16.5. The maximum Gasteiger partial charge on any atom is 0.317 e. The minimum absolute atomic E-state index is 0.257. The van der Waals surface area contributed by atoms with E-state index in [0.29, 0.717) is 23.7 Å². The van der Waals surface area contributed by atoms with E-state index < -0.39 is 6.10 Å². The minimum atomic E-state index is -0.451. The van der Waals surface area contributed by atoms with Crippen molar-refractivity contribution < 1.29 is 14.3 Å². The van der Waals surface area contributed by atoms with Crippen molar-refractivity contribution >= 4 is 11.7 Å². The summed E-state index contributed by atoms with van der Waals surface area (Å²) in [7, 11) is 5.21. The lowest BCUT2D eigenvalue weighted by atomic mass is 10.2. The van der Waals surface area contributed by atoms with Crippen LogP contribution in [0.5, 0.6) is 0 Å². The van der Waals surface area contributed by atoms with Crippen LogP contribution in [0.1, 0.15) is 18.4 Å². The number of urea groups is 1. The van der Waals surface area contributed by atoms with Crippen LogP contribution < -0.4 is 10.2 Å². The monoisotopic (exact) mass is 309 g/mol. The molecule has 1 aliphatic carbocycles. The number of hydrogen-bond acceptors (Lipinski definition) is 3. The van der Waals surface area contributed by atoms with Crippen molar-refractivity contribution in [1.29, 1.82) is 0 Å². The van der Waals surface area contributed by atoms with Crippen LogP contribution in [0.25, 0.3) is 0 Å². The summed E-state index contributed by atoms with van der Waals surface area (Å²) in [4.78, 5) is 15.1. The fraction of sp³-hybridized carbons (Fsp3) is 0.562. The normalized spacial score (nSPS) is 15.3. The number of halogens is 1. The number of benzene rings is 1. The Kier molecular flexibility index (Phi) is 5.24. The van der Waals surface area contributed by atoms with Gasteiger partial charge in [-0.3, -0.25) is 0 Å². The minimum Gasteiger partial charge on any atom is -0.391 e. The molecule has 1 saturated carbocycles. The van der Waals surface area contributed by atoms with E-state index in [1.165, 1.54) is 11.0 Å². The molecule has 1 unspecified atom stereocenters. The van der Waals surface area contributed by atoms with Gasteiger partial charge < -0.3 is 20.2 Å². The van der Waals surface area contributed by atoms with Crippen LogP contribution in [-0.2, 0) is 6.54 Å². The zero-order valence-corrected chi connectivity index (χ0v) is 13.3. The molecule has 0 aromatic heterocycles. The second-order valence-electron chi connectivity index (χ2n) is 6.12. The van der Waals surface area contributed by atoms with E-state index in [9.17, 15) is 14.3 Å². The van der Waals surface area contributed by atoms with Gasteiger partial charge in [0, 0.05) is 34.2 Å². The topological polar surface area (TPSA) is 55.8 Å². The van der Waals surface area contributed by atoms with Gasteiger partial charge in [0.1, 0.15) is 5.82 Å². The highest BCUT2D eigenvalue weighted by Gasteiger charge is 2.31. The third-order valence-corrected chi connectivity index (χ3v) is 3.91. The first-order chi connectivity index (χ1) is 10.4. The second-order valence-corrected chi connectivity index (χ2v) is 6.12. The lowest BCUT2D eigenvalue weighted by Crippen LogP contribution is -2.41. The van der Waals surface area contributed by atoms with Crippen molar-refractivity contribution in [3.8, 4) is 0 Å². The third-order valence-electron chi connectivity index (χ3n) is 3.91. The van der Waals surface area contributed by atoms with Crippen LogP contribution in [0, 0.1) is 11.7 Å². The van der Waals surface area contributed by atoms with Crippen LogP contribution in [-0.4, -0.2) is 49.8 Å². The van der Waals surface area contributed by atoms with E-state index in [-0.39, 0.29) is 18.4 Å². The second kappa shape index (κ2) is 6.96.